The molecule has 1 N–H and O–H groups in total. The second kappa shape index (κ2) is 10.7. The largest absolute Gasteiger partial charge is 0.485 e. The van der Waals surface area contributed by atoms with Crippen LogP contribution in [-0.2, 0) is 4.79 Å². The van der Waals surface area contributed by atoms with Crippen LogP contribution in [0.5, 0.6) is 17.2 Å². The maximum Gasteiger partial charge on any atom is 0.344 e. The van der Waals surface area contributed by atoms with Gasteiger partial charge in [0.2, 0.25) is 6.10 Å². The second-order valence-corrected chi connectivity index (χ2v) is 9.71. The lowest BCUT2D eigenvalue weighted by Gasteiger charge is -2.24. The molecule has 0 unspecified atom stereocenters. The monoisotopic (exact) mass is 684 g/mol. The molecule has 10 heteroatoms. The van der Waals surface area contributed by atoms with Gasteiger partial charge in [0, 0.05) is 13.6 Å². The van der Waals surface area contributed by atoms with E-state index in [1.165, 1.54) is 6.21 Å². The zero-order valence-electron chi connectivity index (χ0n) is 16.8. The van der Waals surface area contributed by atoms with E-state index < -0.39 is 18.0 Å². The predicted octanol–water partition coefficient (Wildman–Crippen LogP) is 5.33. The van der Waals surface area contributed by atoms with Crippen LogP contribution in [-0.4, -0.2) is 30.8 Å². The Balaban J connectivity index is 1.48. The summed E-state index contributed by atoms with van der Waals surface area (Å²) in [4.78, 5) is 25.2. The summed E-state index contributed by atoms with van der Waals surface area (Å²) < 4.78 is 18.9. The summed E-state index contributed by atoms with van der Waals surface area (Å²) >= 11 is 8.91. The number of carbonyl (C=O) groups is 2. The molecule has 0 radical (unpaired) electrons. The SMILES string of the molecule is O=C(Oc1c(Br)cc(Br)cc1/C=N\NC(=O)[C@@H]1COc2ccccc2O1)c1ccccc1I. The molecular formula is C23H15Br2IN2O5. The van der Waals surface area contributed by atoms with Gasteiger partial charge in [-0.1, -0.05) is 40.2 Å². The fraction of sp³-hybridized carbons (Fsp3) is 0.0870. The van der Waals surface area contributed by atoms with Crippen LogP contribution in [0.1, 0.15) is 15.9 Å². The van der Waals surface area contributed by atoms with Gasteiger partial charge in [-0.05, 0) is 74.9 Å². The van der Waals surface area contributed by atoms with Crippen LogP contribution in [0.25, 0.3) is 0 Å². The molecule has 3 aromatic rings. The van der Waals surface area contributed by atoms with Crippen LogP contribution < -0.4 is 19.6 Å². The number of halogens is 3. The van der Waals surface area contributed by atoms with Gasteiger partial charge in [0.05, 0.1) is 16.3 Å². The second-order valence-electron chi connectivity index (χ2n) is 6.77. The lowest BCUT2D eigenvalue weighted by Crippen LogP contribution is -2.42. The van der Waals surface area contributed by atoms with E-state index >= 15 is 0 Å². The first kappa shape index (κ1) is 23.7. The molecule has 33 heavy (non-hydrogen) atoms. The number of benzene rings is 3. The van der Waals surface area contributed by atoms with Gasteiger partial charge in [0.1, 0.15) is 6.61 Å². The number of para-hydroxylation sites is 2. The van der Waals surface area contributed by atoms with E-state index in [0.717, 1.165) is 8.04 Å². The summed E-state index contributed by atoms with van der Waals surface area (Å²) in [5, 5.41) is 4.02. The molecule has 0 saturated heterocycles. The third kappa shape index (κ3) is 5.74. The predicted molar refractivity (Wildman–Crippen MR) is 138 cm³/mol. The van der Waals surface area contributed by atoms with Crippen LogP contribution in [0, 0.1) is 3.57 Å². The smallest absolute Gasteiger partial charge is 0.344 e. The minimum Gasteiger partial charge on any atom is -0.485 e. The van der Waals surface area contributed by atoms with Crippen molar-refractivity contribution in [2.45, 2.75) is 6.10 Å². The Labute approximate surface area is 219 Å². The molecule has 1 aliphatic heterocycles. The Morgan fingerprint density at radius 3 is 2.61 bits per heavy atom. The summed E-state index contributed by atoms with van der Waals surface area (Å²) in [5.74, 6) is 0.379. The highest BCUT2D eigenvalue weighted by molar-refractivity contribution is 14.1. The number of hydrogen-bond donors (Lipinski definition) is 1. The van der Waals surface area contributed by atoms with Crippen molar-refractivity contribution in [1.82, 2.24) is 5.43 Å². The number of rotatable bonds is 5. The number of hydrazone groups is 1. The minimum atomic E-state index is -0.844. The molecule has 1 heterocycles. The molecule has 0 bridgehead atoms. The standard InChI is InChI=1S/C23H15Br2IN2O5/c24-14-9-13(21(16(25)10-14)33-23(30)15-5-1-2-6-17(15)26)11-27-28-22(29)20-12-31-18-7-3-4-8-19(18)32-20/h1-11,20H,12H2,(H,28,29)/b27-11-/t20-/m0/s1. The van der Waals surface area contributed by atoms with Gasteiger partial charge in [0.25, 0.3) is 5.91 Å². The van der Waals surface area contributed by atoms with Crippen LogP contribution >= 0.6 is 54.5 Å². The van der Waals surface area contributed by atoms with Gasteiger partial charge >= 0.3 is 5.97 Å². The van der Waals surface area contributed by atoms with Gasteiger partial charge in [0.15, 0.2) is 17.2 Å². The van der Waals surface area contributed by atoms with Crippen molar-refractivity contribution in [1.29, 1.82) is 0 Å². The molecule has 0 saturated carbocycles. The summed E-state index contributed by atoms with van der Waals surface area (Å²) in [6, 6.07) is 17.7. The molecule has 0 fully saturated rings. The first-order valence-electron chi connectivity index (χ1n) is 9.59. The van der Waals surface area contributed by atoms with Crippen LogP contribution in [0.4, 0.5) is 0 Å². The van der Waals surface area contributed by atoms with E-state index in [1.54, 1.807) is 42.5 Å². The van der Waals surface area contributed by atoms with E-state index in [0.29, 0.717) is 27.1 Å². The van der Waals surface area contributed by atoms with Crippen LogP contribution in [0.3, 0.4) is 0 Å². The van der Waals surface area contributed by atoms with Crippen molar-refractivity contribution in [2.75, 3.05) is 6.61 Å². The fourth-order valence-corrected chi connectivity index (χ4v) is 4.89. The van der Waals surface area contributed by atoms with Crippen molar-refractivity contribution in [3.8, 4) is 17.2 Å². The average Bonchev–Trinajstić information content (AvgIpc) is 2.81. The van der Waals surface area contributed by atoms with E-state index in [1.807, 2.05) is 18.2 Å². The molecule has 0 spiro atoms. The molecular weight excluding hydrogens is 671 g/mol. The highest BCUT2D eigenvalue weighted by Crippen LogP contribution is 2.33. The van der Waals surface area contributed by atoms with Crippen LogP contribution in [0.15, 0.2) is 74.7 Å². The van der Waals surface area contributed by atoms with E-state index in [9.17, 15) is 9.59 Å². The summed E-state index contributed by atoms with van der Waals surface area (Å²) in [7, 11) is 0. The number of carbonyl (C=O) groups excluding carboxylic acids is 2. The number of esters is 1. The third-order valence-corrected chi connectivity index (χ3v) is 6.49. The van der Waals surface area contributed by atoms with Crippen molar-refractivity contribution >= 4 is 72.5 Å². The molecule has 4 rings (SSSR count). The first-order valence-corrected chi connectivity index (χ1v) is 12.3. The number of fused-ring (bicyclic) bond motifs is 1. The Morgan fingerprint density at radius 1 is 1.09 bits per heavy atom. The number of hydrogen-bond acceptors (Lipinski definition) is 6. The molecule has 1 atom stereocenters. The summed E-state index contributed by atoms with van der Waals surface area (Å²) in [5.41, 5.74) is 3.36. The van der Waals surface area contributed by atoms with Crippen molar-refractivity contribution < 1.29 is 23.8 Å². The fourth-order valence-electron chi connectivity index (χ4n) is 2.94. The number of nitrogens with zero attached hydrogens (tertiary/aromatic N) is 1. The molecule has 168 valence electrons. The topological polar surface area (TPSA) is 86.2 Å². The average molecular weight is 686 g/mol. The maximum absolute atomic E-state index is 12.7. The Bertz CT molecular complexity index is 1250. The molecule has 7 nitrogen and oxygen atoms in total. The van der Waals surface area contributed by atoms with Gasteiger partial charge in [-0.25, -0.2) is 10.2 Å². The van der Waals surface area contributed by atoms with Gasteiger partial charge < -0.3 is 14.2 Å². The van der Waals surface area contributed by atoms with Crippen LogP contribution in [0.2, 0.25) is 0 Å². The Kier molecular flexibility index (Phi) is 7.66. The van der Waals surface area contributed by atoms with E-state index in [-0.39, 0.29) is 12.4 Å². The molecule has 0 aromatic heterocycles. The molecule has 1 aliphatic rings. The lowest BCUT2D eigenvalue weighted by atomic mass is 10.2. The quantitative estimate of drug-likeness (QED) is 0.129. The summed E-state index contributed by atoms with van der Waals surface area (Å²) in [6.07, 6.45) is 0.549. The number of nitrogens with one attached hydrogen (secondary N) is 1. The first-order chi connectivity index (χ1) is 15.9. The number of ether oxygens (including phenoxy) is 3. The zero-order valence-corrected chi connectivity index (χ0v) is 22.1. The minimum absolute atomic E-state index is 0.0688. The Hall–Kier alpha value is -2.44. The van der Waals surface area contributed by atoms with E-state index in [4.69, 9.17) is 14.2 Å². The Morgan fingerprint density at radius 2 is 1.82 bits per heavy atom. The van der Waals surface area contributed by atoms with Crippen molar-refractivity contribution in [3.63, 3.8) is 0 Å². The molecule has 0 aliphatic carbocycles. The van der Waals surface area contributed by atoms with Crippen molar-refractivity contribution in [3.05, 3.63) is 84.3 Å². The van der Waals surface area contributed by atoms with Gasteiger partial charge in [-0.3, -0.25) is 4.79 Å². The highest BCUT2D eigenvalue weighted by atomic mass is 127. The van der Waals surface area contributed by atoms with Gasteiger partial charge in [-0.2, -0.15) is 5.10 Å². The normalized spacial score (nSPS) is 14.7. The highest BCUT2D eigenvalue weighted by Gasteiger charge is 2.27. The zero-order chi connectivity index (χ0) is 23.4. The molecule has 3 aromatic carbocycles. The van der Waals surface area contributed by atoms with Crippen molar-refractivity contribution in [2.24, 2.45) is 5.10 Å². The van der Waals surface area contributed by atoms with Gasteiger partial charge in [-0.15, -0.1) is 0 Å². The summed E-state index contributed by atoms with van der Waals surface area (Å²) in [6.45, 7) is 0.0688. The maximum atomic E-state index is 12.7. The third-order valence-electron chi connectivity index (χ3n) is 4.51. The van der Waals surface area contributed by atoms with E-state index in [2.05, 4.69) is 65.0 Å². The number of amides is 1. The molecule has 1 amide bonds. The lowest BCUT2D eigenvalue weighted by molar-refractivity contribution is -0.130.